The summed E-state index contributed by atoms with van der Waals surface area (Å²) in [7, 11) is 0. The summed E-state index contributed by atoms with van der Waals surface area (Å²) >= 11 is 0. The van der Waals surface area contributed by atoms with Crippen LogP contribution in [0.1, 0.15) is 28.1 Å². The van der Waals surface area contributed by atoms with E-state index in [0.29, 0.717) is 0 Å². The second kappa shape index (κ2) is 4.74. The average molecular weight is 85.2 g/mol. The topological polar surface area (TPSA) is 0 Å². The molecule has 0 saturated heterocycles. The highest BCUT2D eigenvalue weighted by Gasteiger charge is 1.64. The van der Waals surface area contributed by atoms with E-state index in [-0.39, 0.29) is 0 Å². The van der Waals surface area contributed by atoms with E-state index < -0.39 is 0 Å². The van der Waals surface area contributed by atoms with Gasteiger partial charge < -0.3 is 0 Å². The molecule has 0 aromatic rings. The molecule has 0 amide bonds. The lowest BCUT2D eigenvalue weighted by Gasteiger charge is -1.76. The molecule has 0 radical (unpaired) electrons. The third kappa shape index (κ3) is 3.74. The van der Waals surface area contributed by atoms with Crippen LogP contribution in [0.15, 0.2) is 12.1 Å². The van der Waals surface area contributed by atoms with Crippen LogP contribution in [0.4, 0.5) is 0 Å². The molecule has 0 bridgehead atoms. The molecule has 0 aromatic heterocycles. The van der Waals surface area contributed by atoms with E-state index in [1.165, 1.54) is 0 Å². The monoisotopic (exact) mass is 85.1 g/mol. The smallest absolute Gasteiger partial charge is 0.0572 e. The summed E-state index contributed by atoms with van der Waals surface area (Å²) < 4.78 is 7.08. The Morgan fingerprint density at radius 3 is 2.67 bits per heavy atom. The number of rotatable bonds is 2. The fourth-order valence-electron chi connectivity index (χ4n) is 0.289. The minimum absolute atomic E-state index is 0.752. The Balaban J connectivity index is 3.17. The summed E-state index contributed by atoms with van der Waals surface area (Å²) in [6, 6.07) is 0.752. The van der Waals surface area contributed by atoms with E-state index in [1.54, 1.807) is 0 Å². The van der Waals surface area contributed by atoms with Crippen molar-refractivity contribution in [2.45, 2.75) is 26.7 Å². The van der Waals surface area contributed by atoms with Crippen molar-refractivity contribution in [3.05, 3.63) is 12.1 Å². The first-order valence-electron chi connectivity index (χ1n) is 2.93. The number of hydrogen-bond acceptors (Lipinski definition) is 0. The highest BCUT2D eigenvalue weighted by Crippen LogP contribution is 1.85. The second-order valence-corrected chi connectivity index (χ2v) is 1.24. The summed E-state index contributed by atoms with van der Waals surface area (Å²) in [6.07, 6.45) is 3.85. The maximum Gasteiger partial charge on any atom is 0.0572 e. The minimum atomic E-state index is 0.752. The van der Waals surface area contributed by atoms with Gasteiger partial charge in [-0.3, -0.25) is 0 Å². The van der Waals surface area contributed by atoms with E-state index in [1.807, 2.05) is 13.0 Å². The molecule has 0 fully saturated rings. The van der Waals surface area contributed by atoms with Crippen LogP contribution in [-0.2, 0) is 0 Å². The van der Waals surface area contributed by atoms with Crippen molar-refractivity contribution in [2.75, 3.05) is 0 Å². The molecule has 0 aliphatic heterocycles. The molecule has 0 N–H and O–H groups in total. The van der Waals surface area contributed by atoms with Crippen LogP contribution in [-0.4, -0.2) is 0 Å². The van der Waals surface area contributed by atoms with Gasteiger partial charge in [0.1, 0.15) is 0 Å². The Morgan fingerprint density at radius 1 is 1.83 bits per heavy atom. The van der Waals surface area contributed by atoms with Crippen LogP contribution < -0.4 is 0 Å². The van der Waals surface area contributed by atoms with Gasteiger partial charge in [0.15, 0.2) is 0 Å². The average Bonchev–Trinajstić information content (AvgIpc) is 1.68. The Labute approximate surface area is 41.3 Å². The van der Waals surface area contributed by atoms with E-state index >= 15 is 0 Å². The van der Waals surface area contributed by atoms with E-state index in [4.69, 9.17) is 1.37 Å². The summed E-state index contributed by atoms with van der Waals surface area (Å²) in [4.78, 5) is 0. The van der Waals surface area contributed by atoms with Gasteiger partial charge in [0.2, 0.25) is 0 Å². The van der Waals surface area contributed by atoms with Crippen LogP contribution in [0, 0.1) is 0 Å². The quantitative estimate of drug-likeness (QED) is 0.451. The van der Waals surface area contributed by atoms with Gasteiger partial charge in [0.05, 0.1) is 1.37 Å². The van der Waals surface area contributed by atoms with Crippen LogP contribution in [0.5, 0.6) is 0 Å². The van der Waals surface area contributed by atoms with Crippen molar-refractivity contribution in [1.29, 1.82) is 0 Å². The van der Waals surface area contributed by atoms with Crippen molar-refractivity contribution in [2.24, 2.45) is 0 Å². The summed E-state index contributed by atoms with van der Waals surface area (Å²) in [6.45, 7) is 3.98. The predicted molar refractivity (Wildman–Crippen MR) is 29.7 cm³/mol. The molecule has 6 heavy (non-hydrogen) atoms. The lowest BCUT2D eigenvalue weighted by atomic mass is 10.3. The maximum absolute atomic E-state index is 7.08. The molecule has 36 valence electrons. The van der Waals surface area contributed by atoms with Crippen molar-refractivity contribution in [1.82, 2.24) is 0 Å². The first kappa shape index (κ1) is 3.91. The molecule has 0 unspecified atom stereocenters. The zero-order chi connectivity index (χ0) is 5.70. The zero-order valence-electron chi connectivity index (χ0n) is 5.49. The summed E-state index contributed by atoms with van der Waals surface area (Å²) in [5.74, 6) is 0. The number of hydrogen-bond donors (Lipinski definition) is 0. The SMILES string of the molecule is [2H]/C(=C\C)CCC. The molecule has 0 heterocycles. The van der Waals surface area contributed by atoms with Crippen molar-refractivity contribution in [3.8, 4) is 0 Å². The predicted octanol–water partition coefficient (Wildman–Crippen LogP) is 2.36. The molecular weight excluding hydrogens is 72.1 g/mol. The maximum atomic E-state index is 7.08. The Hall–Kier alpha value is -0.260. The molecule has 0 atom stereocenters. The lowest BCUT2D eigenvalue weighted by Crippen LogP contribution is -1.55. The molecule has 0 spiro atoms. The highest BCUT2D eigenvalue weighted by molar-refractivity contribution is 4.75. The fraction of sp³-hybridized carbons (Fsp3) is 0.667. The first-order chi connectivity index (χ1) is 3.31. The van der Waals surface area contributed by atoms with Crippen molar-refractivity contribution < 1.29 is 1.37 Å². The van der Waals surface area contributed by atoms with Crippen LogP contribution in [0.2, 0.25) is 0 Å². The fourth-order valence-corrected chi connectivity index (χ4v) is 0.289. The van der Waals surface area contributed by atoms with Gasteiger partial charge in [0, 0.05) is 0 Å². The van der Waals surface area contributed by atoms with Crippen LogP contribution in [0.3, 0.4) is 0 Å². The van der Waals surface area contributed by atoms with E-state index in [9.17, 15) is 0 Å². The van der Waals surface area contributed by atoms with Crippen LogP contribution >= 0.6 is 0 Å². The van der Waals surface area contributed by atoms with Gasteiger partial charge in [-0.05, 0) is 13.3 Å². The largest absolute Gasteiger partial charge is 0.0917 e. The summed E-state index contributed by atoms with van der Waals surface area (Å²) in [5, 5.41) is 0. The minimum Gasteiger partial charge on any atom is -0.0917 e. The molecule has 0 rings (SSSR count). The summed E-state index contributed by atoms with van der Waals surface area (Å²) in [5.41, 5.74) is 0. The number of allylic oxidation sites excluding steroid dienone is 2. The van der Waals surface area contributed by atoms with Gasteiger partial charge in [-0.15, -0.1) is 0 Å². The standard InChI is InChI=1S/C6H12/c1-3-5-6-4-2/h3,5H,4,6H2,1-2H3/b5-3+/i5D. The molecule has 0 heteroatoms. The van der Waals surface area contributed by atoms with E-state index in [0.717, 1.165) is 18.9 Å². The molecule has 0 saturated carbocycles. The van der Waals surface area contributed by atoms with Gasteiger partial charge in [0.25, 0.3) is 0 Å². The van der Waals surface area contributed by atoms with E-state index in [2.05, 4.69) is 6.92 Å². The Morgan fingerprint density at radius 2 is 2.50 bits per heavy atom. The molecule has 0 aromatic carbocycles. The first-order valence-corrected chi connectivity index (χ1v) is 2.43. The highest BCUT2D eigenvalue weighted by atomic mass is 13.7. The molecular formula is C6H12. The van der Waals surface area contributed by atoms with Crippen molar-refractivity contribution in [3.63, 3.8) is 0 Å². The van der Waals surface area contributed by atoms with Gasteiger partial charge >= 0.3 is 0 Å². The molecule has 0 aliphatic carbocycles. The third-order valence-corrected chi connectivity index (χ3v) is 0.598. The van der Waals surface area contributed by atoms with Gasteiger partial charge in [-0.1, -0.05) is 25.5 Å². The van der Waals surface area contributed by atoms with Gasteiger partial charge in [-0.25, -0.2) is 0 Å². The normalized spacial score (nSPS) is 14.3. The van der Waals surface area contributed by atoms with Gasteiger partial charge in [-0.2, -0.15) is 0 Å². The zero-order valence-corrected chi connectivity index (χ0v) is 4.49. The molecule has 0 nitrogen and oxygen atoms in total. The lowest BCUT2D eigenvalue weighted by molar-refractivity contribution is 0.957. The van der Waals surface area contributed by atoms with Crippen molar-refractivity contribution >= 4 is 0 Å². The van der Waals surface area contributed by atoms with Crippen LogP contribution in [0.25, 0.3) is 0 Å². The second-order valence-electron chi connectivity index (χ2n) is 1.24. The molecule has 0 aliphatic rings. The Kier molecular flexibility index (Phi) is 3.09. The third-order valence-electron chi connectivity index (χ3n) is 0.598. The Bertz CT molecular complexity index is 64.6.